The molecule has 2 N–H and O–H groups in total. The SMILES string of the molecule is CC/C=C\C/C=C\C/C=C\C/C=C\C/C=C\C/C=C\CCC(=O)OC(/C=C\CCCCCCCCCCC)C(COP(=O)(O)OCC[N+](C)(C)C)NC(=O)CCCCCCCCCCCCC/C=C\C/C=C\C/C=C\C/C=C\C/C=C\CC. The molecule has 0 radical (unpaired) electrons. The van der Waals surface area contributed by atoms with Gasteiger partial charge < -0.3 is 19.4 Å². The highest BCUT2D eigenvalue weighted by Crippen LogP contribution is 2.43. The minimum Gasteiger partial charge on any atom is -0.456 e. The number of unbranched alkanes of at least 4 members (excludes halogenated alkanes) is 20. The number of likely N-dealkylation sites (N-methyl/N-ethyl adjacent to an activating group) is 1. The number of nitrogens with zero attached hydrogens (tertiary/aromatic N) is 1. The molecule has 0 aromatic heterocycles. The van der Waals surface area contributed by atoms with Crippen molar-refractivity contribution in [1.29, 1.82) is 0 Å². The summed E-state index contributed by atoms with van der Waals surface area (Å²) >= 11 is 0. The topological polar surface area (TPSA) is 111 Å². The van der Waals surface area contributed by atoms with Crippen LogP contribution in [-0.2, 0) is 27.9 Å². The Morgan fingerprint density at radius 1 is 0.434 bits per heavy atom. The molecule has 0 saturated heterocycles. The fourth-order valence-corrected chi connectivity index (χ4v) is 9.49. The van der Waals surface area contributed by atoms with E-state index in [1.807, 2.05) is 39.4 Å². The molecule has 0 heterocycles. The van der Waals surface area contributed by atoms with Gasteiger partial charge in [0.1, 0.15) is 19.3 Å². The predicted molar refractivity (Wildman–Crippen MR) is 359 cm³/mol. The second-order valence-electron chi connectivity index (χ2n) is 22.9. The van der Waals surface area contributed by atoms with Gasteiger partial charge in [-0.05, 0) is 115 Å². The number of quaternary nitrogens is 1. The number of rotatable bonds is 58. The van der Waals surface area contributed by atoms with Crippen LogP contribution < -0.4 is 5.32 Å². The summed E-state index contributed by atoms with van der Waals surface area (Å²) in [6.45, 7) is 6.72. The molecule has 0 saturated carbocycles. The summed E-state index contributed by atoms with van der Waals surface area (Å²) in [6.07, 6.45) is 88.7. The number of nitrogens with one attached hydrogen (secondary N) is 1. The van der Waals surface area contributed by atoms with E-state index in [-0.39, 0.29) is 25.5 Å². The molecule has 0 rings (SSSR count). The highest BCUT2D eigenvalue weighted by molar-refractivity contribution is 7.47. The molecular weight excluding hydrogens is 1050 g/mol. The number of phosphoric ester groups is 1. The molecule has 0 bridgehead atoms. The van der Waals surface area contributed by atoms with E-state index < -0.39 is 25.9 Å². The van der Waals surface area contributed by atoms with Crippen molar-refractivity contribution >= 4 is 19.7 Å². The van der Waals surface area contributed by atoms with Crippen LogP contribution in [0.3, 0.4) is 0 Å². The van der Waals surface area contributed by atoms with Gasteiger partial charge in [0, 0.05) is 12.8 Å². The van der Waals surface area contributed by atoms with Gasteiger partial charge >= 0.3 is 13.8 Å². The van der Waals surface area contributed by atoms with Gasteiger partial charge in [-0.2, -0.15) is 0 Å². The van der Waals surface area contributed by atoms with Crippen LogP contribution in [0, 0.1) is 0 Å². The monoisotopic (exact) mass is 1170 g/mol. The Labute approximate surface area is 510 Å². The number of carbonyl (C=O) groups is 2. The zero-order chi connectivity index (χ0) is 60.7. The lowest BCUT2D eigenvalue weighted by Crippen LogP contribution is -2.47. The van der Waals surface area contributed by atoms with Gasteiger partial charge in [-0.1, -0.05) is 270 Å². The maximum absolute atomic E-state index is 13.6. The average molecular weight is 1170 g/mol. The van der Waals surface area contributed by atoms with E-state index >= 15 is 0 Å². The van der Waals surface area contributed by atoms with Crippen LogP contribution in [0.2, 0.25) is 0 Å². The number of phosphoric acid groups is 1. The summed E-state index contributed by atoms with van der Waals surface area (Å²) in [4.78, 5) is 37.7. The Balaban J connectivity index is 5.18. The van der Waals surface area contributed by atoms with Crippen molar-refractivity contribution in [2.24, 2.45) is 0 Å². The summed E-state index contributed by atoms with van der Waals surface area (Å²) in [6, 6.07) is -0.891. The number of hydrogen-bond acceptors (Lipinski definition) is 6. The third-order valence-electron chi connectivity index (χ3n) is 13.8. The molecule has 0 aliphatic carbocycles. The highest BCUT2D eigenvalue weighted by Gasteiger charge is 2.30. The highest BCUT2D eigenvalue weighted by atomic mass is 31.2. The summed E-state index contributed by atoms with van der Waals surface area (Å²) < 4.78 is 30.7. The van der Waals surface area contributed by atoms with Gasteiger partial charge in [0.05, 0.1) is 33.8 Å². The number of hydrogen-bond donors (Lipinski definition) is 2. The number of carbonyl (C=O) groups excluding carboxylic acids is 2. The number of allylic oxidation sites excluding steroid dienone is 23. The fourth-order valence-electron chi connectivity index (χ4n) is 8.76. The Morgan fingerprint density at radius 2 is 0.783 bits per heavy atom. The van der Waals surface area contributed by atoms with Crippen LogP contribution in [0.15, 0.2) is 146 Å². The molecule has 472 valence electrons. The maximum Gasteiger partial charge on any atom is 0.472 e. The molecule has 0 aliphatic heterocycles. The quantitative estimate of drug-likeness (QED) is 0.0205. The molecule has 10 heteroatoms. The summed E-state index contributed by atoms with van der Waals surface area (Å²) in [5.74, 6) is -0.616. The minimum atomic E-state index is -4.48. The third-order valence-corrected chi connectivity index (χ3v) is 14.8. The summed E-state index contributed by atoms with van der Waals surface area (Å²) in [7, 11) is 1.44. The van der Waals surface area contributed by atoms with Crippen LogP contribution in [-0.4, -0.2) is 74.3 Å². The number of esters is 1. The third kappa shape index (κ3) is 62.2. The van der Waals surface area contributed by atoms with Gasteiger partial charge in [-0.25, -0.2) is 4.57 Å². The van der Waals surface area contributed by atoms with Gasteiger partial charge in [0.2, 0.25) is 5.91 Å². The summed E-state index contributed by atoms with van der Waals surface area (Å²) in [5, 5.41) is 3.04. The van der Waals surface area contributed by atoms with Crippen LogP contribution in [0.4, 0.5) is 0 Å². The molecule has 0 aromatic rings. The van der Waals surface area contributed by atoms with E-state index in [2.05, 4.69) is 154 Å². The van der Waals surface area contributed by atoms with Crippen molar-refractivity contribution in [1.82, 2.24) is 5.32 Å². The first-order valence-electron chi connectivity index (χ1n) is 33.2. The van der Waals surface area contributed by atoms with Crippen molar-refractivity contribution in [3.8, 4) is 0 Å². The zero-order valence-electron chi connectivity index (χ0n) is 53.9. The van der Waals surface area contributed by atoms with Crippen LogP contribution in [0.25, 0.3) is 0 Å². The van der Waals surface area contributed by atoms with Crippen LogP contribution >= 0.6 is 7.82 Å². The van der Waals surface area contributed by atoms with Crippen molar-refractivity contribution in [2.45, 2.75) is 264 Å². The lowest BCUT2D eigenvalue weighted by atomic mass is 10.0. The van der Waals surface area contributed by atoms with Gasteiger partial charge in [-0.3, -0.25) is 18.6 Å². The Hall–Kier alpha value is -4.11. The van der Waals surface area contributed by atoms with Gasteiger partial charge in [0.15, 0.2) is 0 Å². The molecule has 83 heavy (non-hydrogen) atoms. The smallest absolute Gasteiger partial charge is 0.456 e. The molecule has 0 aliphatic rings. The normalized spacial score (nSPS) is 14.5. The first-order valence-corrected chi connectivity index (χ1v) is 34.7. The van der Waals surface area contributed by atoms with E-state index in [4.69, 9.17) is 13.8 Å². The van der Waals surface area contributed by atoms with E-state index in [1.165, 1.54) is 89.9 Å². The second-order valence-corrected chi connectivity index (χ2v) is 24.3. The molecule has 0 fully saturated rings. The molecule has 9 nitrogen and oxygen atoms in total. The van der Waals surface area contributed by atoms with Crippen molar-refractivity contribution in [2.75, 3.05) is 40.9 Å². The first-order chi connectivity index (χ1) is 40.4. The standard InChI is InChI=1S/C73H123N2O7P/c1-7-10-13-16-19-22-25-27-29-31-33-34-35-36-37-38-39-40-42-43-45-47-50-53-56-59-62-65-72(76)74-70(69-81-83(78,79)80-68-67-75(4,5)6)71(64-61-58-55-52-49-24-21-18-15-12-9-3)82-73(77)66-63-60-57-54-51-48-46-44-41-32-30-28-26-23-20-17-14-11-8-2/h10-11,13-14,19-20,22-23,27-30,33-34,36-37,41,44,48,51,57,60-61,64,70-71H,7-9,12,15-18,21,24-26,31-32,35,38-40,42-43,45-47,49-50,52-56,58-59,62-63,65-69H2,1-6H3,(H-,74,76,78,79)/p+1/b13-10-,14-11-,22-19-,23-20-,29-27-,30-28-,34-33-,37-36-,44-41-,51-48-,60-57-,64-61-. The van der Waals surface area contributed by atoms with Crippen LogP contribution in [0.1, 0.15) is 252 Å². The molecule has 3 unspecified atom stereocenters. The maximum atomic E-state index is 13.6. The summed E-state index contributed by atoms with van der Waals surface area (Å²) in [5.41, 5.74) is 0. The van der Waals surface area contributed by atoms with Crippen molar-refractivity contribution < 1.29 is 37.3 Å². The van der Waals surface area contributed by atoms with E-state index in [9.17, 15) is 19.0 Å². The van der Waals surface area contributed by atoms with Gasteiger partial charge in [-0.15, -0.1) is 0 Å². The van der Waals surface area contributed by atoms with E-state index in [0.717, 1.165) is 122 Å². The average Bonchev–Trinajstić information content (AvgIpc) is 3.51. The van der Waals surface area contributed by atoms with E-state index in [1.54, 1.807) is 0 Å². The molecular formula is C73H124N2O7P+. The first kappa shape index (κ1) is 78.9. The largest absolute Gasteiger partial charge is 0.472 e. The number of amides is 1. The Morgan fingerprint density at radius 3 is 1.18 bits per heavy atom. The van der Waals surface area contributed by atoms with Gasteiger partial charge in [0.25, 0.3) is 0 Å². The van der Waals surface area contributed by atoms with E-state index in [0.29, 0.717) is 23.9 Å². The predicted octanol–water partition coefficient (Wildman–Crippen LogP) is 21.0. The Bertz CT molecular complexity index is 1930. The number of ether oxygens (including phenoxy) is 1. The molecule has 0 aromatic carbocycles. The molecule has 1 amide bonds. The molecule has 0 spiro atoms. The lowest BCUT2D eigenvalue weighted by Gasteiger charge is -2.27. The second kappa shape index (κ2) is 61.0. The zero-order valence-corrected chi connectivity index (χ0v) is 54.8. The minimum absolute atomic E-state index is 0.0208. The Kier molecular flexibility index (Phi) is 58.0. The fraction of sp³-hybridized carbons (Fsp3) is 0.644. The van der Waals surface area contributed by atoms with Crippen molar-refractivity contribution in [3.05, 3.63) is 146 Å². The van der Waals surface area contributed by atoms with Crippen LogP contribution in [0.5, 0.6) is 0 Å². The molecule has 3 atom stereocenters. The lowest BCUT2D eigenvalue weighted by molar-refractivity contribution is -0.870. The van der Waals surface area contributed by atoms with Crippen molar-refractivity contribution in [3.63, 3.8) is 0 Å².